The first-order chi connectivity index (χ1) is 12.0. The van der Waals surface area contributed by atoms with E-state index in [1.54, 1.807) is 17.9 Å². The minimum atomic E-state index is -3.05. The molecule has 1 N–H and O–H groups in total. The Hall–Kier alpha value is -2.19. The van der Waals surface area contributed by atoms with Crippen molar-refractivity contribution in [3.05, 3.63) is 42.1 Å². The van der Waals surface area contributed by atoms with E-state index in [9.17, 15) is 13.2 Å². The van der Waals surface area contributed by atoms with Crippen LogP contribution in [0.5, 0.6) is 0 Å². The van der Waals surface area contributed by atoms with Gasteiger partial charge in [0.15, 0.2) is 15.5 Å². The van der Waals surface area contributed by atoms with Crippen LogP contribution in [0.4, 0.5) is 0 Å². The van der Waals surface area contributed by atoms with Crippen molar-refractivity contribution in [2.24, 2.45) is 0 Å². The normalized spacial score (nSPS) is 19.0. The number of nitrogens with one attached hydrogen (secondary N) is 1. The van der Waals surface area contributed by atoms with Gasteiger partial charge in [0.25, 0.3) is 5.91 Å². The minimum absolute atomic E-state index is 0.0548. The smallest absolute Gasteiger partial charge is 0.271 e. The summed E-state index contributed by atoms with van der Waals surface area (Å²) in [5, 5.41) is 7.15. The molecule has 1 aliphatic heterocycles. The van der Waals surface area contributed by atoms with E-state index in [4.69, 9.17) is 4.74 Å². The van der Waals surface area contributed by atoms with Crippen molar-refractivity contribution in [2.45, 2.75) is 12.5 Å². The fourth-order valence-corrected chi connectivity index (χ4v) is 4.63. The fourth-order valence-electron chi connectivity index (χ4n) is 2.93. The van der Waals surface area contributed by atoms with Crippen molar-refractivity contribution >= 4 is 15.7 Å². The zero-order valence-corrected chi connectivity index (χ0v) is 14.8. The Morgan fingerprint density at radius 2 is 2.12 bits per heavy atom. The second-order valence-corrected chi connectivity index (χ2v) is 8.26. The molecular formula is C17H21N3O4S. The van der Waals surface area contributed by atoms with E-state index >= 15 is 0 Å². The van der Waals surface area contributed by atoms with Crippen LogP contribution in [0.3, 0.4) is 0 Å². The van der Waals surface area contributed by atoms with Gasteiger partial charge in [-0.05, 0) is 18.1 Å². The number of benzene rings is 1. The van der Waals surface area contributed by atoms with Gasteiger partial charge in [-0.2, -0.15) is 5.10 Å². The molecule has 8 heteroatoms. The van der Waals surface area contributed by atoms with Gasteiger partial charge in [-0.3, -0.25) is 9.48 Å². The number of rotatable bonds is 6. The van der Waals surface area contributed by atoms with E-state index in [2.05, 4.69) is 10.4 Å². The quantitative estimate of drug-likeness (QED) is 0.781. The molecule has 0 bridgehead atoms. The molecule has 1 aromatic heterocycles. The summed E-state index contributed by atoms with van der Waals surface area (Å²) in [4.78, 5) is 12.3. The Balaban J connectivity index is 1.93. The number of hydrogen-bond acceptors (Lipinski definition) is 5. The second kappa shape index (κ2) is 7.37. The Kier molecular flexibility index (Phi) is 5.19. The number of ether oxygens (including phenoxy) is 1. The van der Waals surface area contributed by atoms with Crippen LogP contribution in [0.2, 0.25) is 0 Å². The van der Waals surface area contributed by atoms with Crippen molar-refractivity contribution in [1.82, 2.24) is 15.1 Å². The van der Waals surface area contributed by atoms with Crippen molar-refractivity contribution in [3.63, 3.8) is 0 Å². The van der Waals surface area contributed by atoms with Gasteiger partial charge in [-0.1, -0.05) is 30.3 Å². The monoisotopic (exact) mass is 363 g/mol. The lowest BCUT2D eigenvalue weighted by molar-refractivity contribution is 0.0931. The van der Waals surface area contributed by atoms with Gasteiger partial charge < -0.3 is 10.1 Å². The first kappa shape index (κ1) is 17.6. The highest BCUT2D eigenvalue weighted by Gasteiger charge is 2.32. The number of nitrogens with zero attached hydrogens (tertiary/aromatic N) is 2. The van der Waals surface area contributed by atoms with Crippen molar-refractivity contribution in [1.29, 1.82) is 0 Å². The molecule has 0 spiro atoms. The predicted molar refractivity (Wildman–Crippen MR) is 94.2 cm³/mol. The molecule has 1 unspecified atom stereocenters. The van der Waals surface area contributed by atoms with Crippen LogP contribution in [0.25, 0.3) is 11.3 Å². The molecule has 7 nitrogen and oxygen atoms in total. The minimum Gasteiger partial charge on any atom is -0.383 e. The van der Waals surface area contributed by atoms with E-state index in [0.29, 0.717) is 19.6 Å². The molecule has 1 atom stereocenters. The van der Waals surface area contributed by atoms with Crippen molar-refractivity contribution < 1.29 is 17.9 Å². The molecule has 1 aliphatic rings. The van der Waals surface area contributed by atoms with Crippen LogP contribution in [0, 0.1) is 0 Å². The zero-order chi connectivity index (χ0) is 17.9. The summed E-state index contributed by atoms with van der Waals surface area (Å²) >= 11 is 0. The summed E-state index contributed by atoms with van der Waals surface area (Å²) in [5.74, 6) is -0.0887. The molecule has 1 amide bonds. The third kappa shape index (κ3) is 4.08. The van der Waals surface area contributed by atoms with Gasteiger partial charge >= 0.3 is 0 Å². The van der Waals surface area contributed by atoms with E-state index in [1.807, 2.05) is 30.3 Å². The van der Waals surface area contributed by atoms with Gasteiger partial charge in [0, 0.05) is 13.7 Å². The van der Waals surface area contributed by atoms with Crippen LogP contribution in [-0.4, -0.2) is 55.9 Å². The third-order valence-corrected chi connectivity index (χ3v) is 5.93. The van der Waals surface area contributed by atoms with Crippen LogP contribution in [0.1, 0.15) is 23.0 Å². The van der Waals surface area contributed by atoms with Gasteiger partial charge in [-0.15, -0.1) is 0 Å². The third-order valence-electron chi connectivity index (χ3n) is 4.18. The average molecular weight is 363 g/mol. The number of methoxy groups -OCH3 is 1. The standard InChI is InChI=1S/C17H21N3O4S/c1-24-9-8-18-17(21)15-11-16(13-5-3-2-4-6-13)20(19-15)14-7-10-25(22,23)12-14/h2-6,11,14H,7-10,12H2,1H3,(H,18,21). The lowest BCUT2D eigenvalue weighted by Crippen LogP contribution is -2.27. The lowest BCUT2D eigenvalue weighted by atomic mass is 10.1. The van der Waals surface area contributed by atoms with Crippen LogP contribution >= 0.6 is 0 Å². The summed E-state index contributed by atoms with van der Waals surface area (Å²) in [6, 6.07) is 11.0. The van der Waals surface area contributed by atoms with Gasteiger partial charge in [0.2, 0.25) is 0 Å². The van der Waals surface area contributed by atoms with Crippen molar-refractivity contribution in [3.8, 4) is 11.3 Å². The SMILES string of the molecule is COCCNC(=O)c1cc(-c2ccccc2)n(C2CCS(=O)(=O)C2)n1. The first-order valence-corrected chi connectivity index (χ1v) is 9.95. The molecule has 25 heavy (non-hydrogen) atoms. The fraction of sp³-hybridized carbons (Fsp3) is 0.412. The summed E-state index contributed by atoms with van der Waals surface area (Å²) in [7, 11) is -1.48. The maximum atomic E-state index is 12.3. The molecule has 1 fully saturated rings. The highest BCUT2D eigenvalue weighted by molar-refractivity contribution is 7.91. The van der Waals surface area contributed by atoms with Crippen molar-refractivity contribution in [2.75, 3.05) is 31.8 Å². The summed E-state index contributed by atoms with van der Waals surface area (Å²) in [6.45, 7) is 0.805. The van der Waals surface area contributed by atoms with Gasteiger partial charge in [0.1, 0.15) is 0 Å². The maximum absolute atomic E-state index is 12.3. The molecule has 3 rings (SSSR count). The molecule has 1 aromatic carbocycles. The number of carbonyl (C=O) groups is 1. The summed E-state index contributed by atoms with van der Waals surface area (Å²) < 4.78 is 30.3. The van der Waals surface area contributed by atoms with Crippen LogP contribution in [-0.2, 0) is 14.6 Å². The largest absolute Gasteiger partial charge is 0.383 e. The molecular weight excluding hydrogens is 342 g/mol. The Morgan fingerprint density at radius 1 is 1.36 bits per heavy atom. The van der Waals surface area contributed by atoms with Gasteiger partial charge in [0.05, 0.1) is 29.8 Å². The van der Waals surface area contributed by atoms with E-state index in [-0.39, 0.29) is 29.1 Å². The topological polar surface area (TPSA) is 90.3 Å². The van der Waals surface area contributed by atoms with Crippen LogP contribution < -0.4 is 5.32 Å². The molecule has 2 heterocycles. The number of amides is 1. The van der Waals surface area contributed by atoms with E-state index in [1.165, 1.54) is 0 Å². The first-order valence-electron chi connectivity index (χ1n) is 8.13. The number of aromatic nitrogens is 2. The predicted octanol–water partition coefficient (Wildman–Crippen LogP) is 1.29. The highest BCUT2D eigenvalue weighted by atomic mass is 32.2. The molecule has 0 radical (unpaired) electrons. The summed E-state index contributed by atoms with van der Waals surface area (Å²) in [5.41, 5.74) is 1.93. The average Bonchev–Trinajstić information content (AvgIpc) is 3.19. The lowest BCUT2D eigenvalue weighted by Gasteiger charge is -2.13. The Labute approximate surface area is 146 Å². The van der Waals surface area contributed by atoms with Gasteiger partial charge in [-0.25, -0.2) is 8.42 Å². The maximum Gasteiger partial charge on any atom is 0.271 e. The molecule has 0 aliphatic carbocycles. The van der Waals surface area contributed by atoms with E-state index in [0.717, 1.165) is 11.3 Å². The van der Waals surface area contributed by atoms with Crippen LogP contribution in [0.15, 0.2) is 36.4 Å². The Bertz CT molecular complexity index is 846. The van der Waals surface area contributed by atoms with E-state index < -0.39 is 9.84 Å². The number of carbonyl (C=O) groups excluding carboxylic acids is 1. The number of sulfone groups is 1. The second-order valence-electron chi connectivity index (χ2n) is 6.03. The summed E-state index contributed by atoms with van der Waals surface area (Å²) in [6.07, 6.45) is 0.509. The zero-order valence-electron chi connectivity index (χ0n) is 14.0. The Morgan fingerprint density at radius 3 is 2.76 bits per heavy atom. The molecule has 1 saturated heterocycles. The number of hydrogen-bond donors (Lipinski definition) is 1. The molecule has 2 aromatic rings. The molecule has 134 valence electrons. The highest BCUT2D eigenvalue weighted by Crippen LogP contribution is 2.30. The molecule has 0 saturated carbocycles.